The van der Waals surface area contributed by atoms with Gasteiger partial charge >= 0.3 is 0 Å². The lowest BCUT2D eigenvalue weighted by Crippen LogP contribution is -2.23. The second kappa shape index (κ2) is 9.05. The molecule has 0 spiro atoms. The molecule has 0 aliphatic heterocycles. The Hall–Kier alpha value is -3.93. The van der Waals surface area contributed by atoms with Crippen LogP contribution < -0.4 is 10.1 Å². The Bertz CT molecular complexity index is 1180. The monoisotopic (exact) mass is 398 g/mol. The van der Waals surface area contributed by atoms with Crippen molar-refractivity contribution < 1.29 is 9.53 Å². The van der Waals surface area contributed by atoms with Crippen LogP contribution in [0.1, 0.15) is 11.1 Å². The highest BCUT2D eigenvalue weighted by atomic mass is 16.5. The number of para-hydroxylation sites is 1. The minimum Gasteiger partial charge on any atom is -0.495 e. The van der Waals surface area contributed by atoms with Gasteiger partial charge in [0.2, 0.25) is 5.91 Å². The van der Waals surface area contributed by atoms with Crippen LogP contribution in [0.5, 0.6) is 5.75 Å². The van der Waals surface area contributed by atoms with Gasteiger partial charge in [-0.1, -0.05) is 36.4 Å². The Labute approximate surface area is 174 Å². The summed E-state index contributed by atoms with van der Waals surface area (Å²) >= 11 is 0. The fourth-order valence-corrected chi connectivity index (χ4v) is 3.43. The summed E-state index contributed by atoms with van der Waals surface area (Å²) in [7, 11) is 1.64. The van der Waals surface area contributed by atoms with E-state index in [4.69, 9.17) is 4.74 Å². The predicted molar refractivity (Wildman–Crippen MR) is 118 cm³/mol. The van der Waals surface area contributed by atoms with E-state index in [0.717, 1.165) is 39.0 Å². The molecule has 0 bridgehead atoms. The molecule has 4 rings (SSSR count). The molecule has 1 amide bonds. The number of nitrogens with one attached hydrogen (secondary N) is 2. The van der Waals surface area contributed by atoms with E-state index in [9.17, 15) is 4.79 Å². The third-order valence-electron chi connectivity index (χ3n) is 4.90. The number of carbonyl (C=O) groups is 1. The van der Waals surface area contributed by atoms with Crippen molar-refractivity contribution in [3.05, 3.63) is 84.2 Å². The summed E-state index contributed by atoms with van der Waals surface area (Å²) in [5.74, 6) is 0.641. The molecule has 2 N–H and O–H groups in total. The van der Waals surface area contributed by atoms with E-state index >= 15 is 0 Å². The van der Waals surface area contributed by atoms with Gasteiger partial charge in [-0.2, -0.15) is 10.2 Å². The first kappa shape index (κ1) is 19.4. The Morgan fingerprint density at radius 3 is 2.87 bits per heavy atom. The summed E-state index contributed by atoms with van der Waals surface area (Å²) in [6.45, 7) is 0.530. The third kappa shape index (κ3) is 4.22. The van der Waals surface area contributed by atoms with Crippen LogP contribution in [0.4, 0.5) is 0 Å². The van der Waals surface area contributed by atoms with Gasteiger partial charge in [-0.15, -0.1) is 0 Å². The van der Waals surface area contributed by atoms with Gasteiger partial charge in [0.05, 0.1) is 18.3 Å². The number of aromatic nitrogens is 3. The Balaban J connectivity index is 1.39. The number of hydrogen-bond acceptors (Lipinski definition) is 4. The zero-order chi connectivity index (χ0) is 20.8. The summed E-state index contributed by atoms with van der Waals surface area (Å²) in [6.07, 6.45) is 7.59. The van der Waals surface area contributed by atoms with E-state index in [0.29, 0.717) is 13.0 Å². The minimum atomic E-state index is -0.135. The first-order chi connectivity index (χ1) is 14.8. The van der Waals surface area contributed by atoms with Gasteiger partial charge in [0, 0.05) is 41.5 Å². The highest BCUT2D eigenvalue weighted by molar-refractivity contribution is 5.97. The zero-order valence-electron chi connectivity index (χ0n) is 16.6. The quantitative estimate of drug-likeness (QED) is 0.461. The van der Waals surface area contributed by atoms with Crippen LogP contribution in [0, 0.1) is 0 Å². The highest BCUT2D eigenvalue weighted by Gasteiger charge is 2.08. The van der Waals surface area contributed by atoms with Crippen molar-refractivity contribution in [3.8, 4) is 17.0 Å². The number of aromatic amines is 1. The van der Waals surface area contributed by atoms with Crippen LogP contribution in [0.25, 0.3) is 28.2 Å². The van der Waals surface area contributed by atoms with Gasteiger partial charge < -0.3 is 15.0 Å². The summed E-state index contributed by atoms with van der Waals surface area (Å²) in [6, 6.07) is 17.7. The molecule has 2 aromatic carbocycles. The Kier molecular flexibility index (Phi) is 5.85. The SMILES string of the molecule is COc1cccc2c(/C=C/C(=O)NCCc3ccccc3-c3cccnn3)c[nH]c12. The van der Waals surface area contributed by atoms with Crippen molar-refractivity contribution >= 4 is 22.9 Å². The van der Waals surface area contributed by atoms with Gasteiger partial charge in [-0.25, -0.2) is 0 Å². The van der Waals surface area contributed by atoms with Crippen LogP contribution in [0.15, 0.2) is 73.1 Å². The number of methoxy groups -OCH3 is 1. The topological polar surface area (TPSA) is 79.9 Å². The standard InChI is InChI=1S/C24H22N4O2/c1-30-22-10-4-8-20-18(16-26-24(20)22)11-12-23(29)25-15-13-17-6-2-3-7-19(17)21-9-5-14-27-28-21/h2-12,14,16,26H,13,15H2,1H3,(H,25,29)/b12-11+. The molecule has 0 saturated heterocycles. The fourth-order valence-electron chi connectivity index (χ4n) is 3.43. The Morgan fingerprint density at radius 1 is 1.13 bits per heavy atom. The number of hydrogen-bond donors (Lipinski definition) is 2. The first-order valence-electron chi connectivity index (χ1n) is 9.72. The van der Waals surface area contributed by atoms with E-state index in [1.165, 1.54) is 0 Å². The lowest BCUT2D eigenvalue weighted by molar-refractivity contribution is -0.116. The molecule has 4 aromatic rings. The van der Waals surface area contributed by atoms with E-state index in [1.54, 1.807) is 25.5 Å². The number of benzene rings is 2. The molecule has 0 fully saturated rings. The number of rotatable bonds is 7. The predicted octanol–water partition coefficient (Wildman–Crippen LogP) is 4.01. The maximum absolute atomic E-state index is 12.3. The molecule has 0 aliphatic carbocycles. The second-order valence-electron chi connectivity index (χ2n) is 6.77. The molecule has 0 unspecified atom stereocenters. The van der Waals surface area contributed by atoms with Crippen LogP contribution in [-0.2, 0) is 11.2 Å². The number of carbonyl (C=O) groups excluding carboxylic acids is 1. The van der Waals surface area contributed by atoms with Gasteiger partial charge in [0.25, 0.3) is 0 Å². The maximum Gasteiger partial charge on any atom is 0.244 e. The number of fused-ring (bicyclic) bond motifs is 1. The molecule has 0 radical (unpaired) electrons. The lowest BCUT2D eigenvalue weighted by Gasteiger charge is -2.08. The molecular formula is C24H22N4O2. The van der Waals surface area contributed by atoms with Crippen LogP contribution in [-0.4, -0.2) is 34.7 Å². The number of nitrogens with zero attached hydrogens (tertiary/aromatic N) is 2. The second-order valence-corrected chi connectivity index (χ2v) is 6.77. The molecule has 0 saturated carbocycles. The number of H-pyrrole nitrogens is 1. The van der Waals surface area contributed by atoms with E-state index in [2.05, 4.69) is 20.5 Å². The van der Waals surface area contributed by atoms with Crippen molar-refractivity contribution in [3.63, 3.8) is 0 Å². The average Bonchev–Trinajstić information content (AvgIpc) is 3.22. The van der Waals surface area contributed by atoms with Crippen LogP contribution in [0.3, 0.4) is 0 Å². The minimum absolute atomic E-state index is 0.135. The molecule has 2 heterocycles. The molecule has 2 aromatic heterocycles. The van der Waals surface area contributed by atoms with Crippen molar-refractivity contribution in [1.29, 1.82) is 0 Å². The van der Waals surface area contributed by atoms with Gasteiger partial charge in [0.15, 0.2) is 0 Å². The van der Waals surface area contributed by atoms with Crippen molar-refractivity contribution in [2.75, 3.05) is 13.7 Å². The Morgan fingerprint density at radius 2 is 2.03 bits per heavy atom. The lowest BCUT2D eigenvalue weighted by atomic mass is 10.0. The fraction of sp³-hybridized carbons (Fsp3) is 0.125. The maximum atomic E-state index is 12.3. The molecule has 6 nitrogen and oxygen atoms in total. The number of amides is 1. The molecule has 0 atom stereocenters. The summed E-state index contributed by atoms with van der Waals surface area (Å²) in [4.78, 5) is 15.5. The van der Waals surface area contributed by atoms with E-state index in [1.807, 2.05) is 60.8 Å². The zero-order valence-corrected chi connectivity index (χ0v) is 16.6. The first-order valence-corrected chi connectivity index (χ1v) is 9.72. The molecule has 6 heteroatoms. The third-order valence-corrected chi connectivity index (χ3v) is 4.90. The smallest absolute Gasteiger partial charge is 0.244 e. The van der Waals surface area contributed by atoms with Gasteiger partial charge in [0.1, 0.15) is 5.75 Å². The van der Waals surface area contributed by atoms with E-state index in [-0.39, 0.29) is 5.91 Å². The number of ether oxygens (including phenoxy) is 1. The van der Waals surface area contributed by atoms with Crippen molar-refractivity contribution in [2.45, 2.75) is 6.42 Å². The summed E-state index contributed by atoms with van der Waals surface area (Å²) in [5, 5.41) is 12.1. The van der Waals surface area contributed by atoms with Gasteiger partial charge in [-0.3, -0.25) is 4.79 Å². The highest BCUT2D eigenvalue weighted by Crippen LogP contribution is 2.27. The molecular weight excluding hydrogens is 376 g/mol. The van der Waals surface area contributed by atoms with E-state index < -0.39 is 0 Å². The molecule has 0 aliphatic rings. The van der Waals surface area contributed by atoms with Gasteiger partial charge in [-0.05, 0) is 36.3 Å². The summed E-state index contributed by atoms with van der Waals surface area (Å²) < 4.78 is 5.36. The molecule has 150 valence electrons. The van der Waals surface area contributed by atoms with Crippen molar-refractivity contribution in [1.82, 2.24) is 20.5 Å². The normalized spacial score (nSPS) is 11.1. The van der Waals surface area contributed by atoms with Crippen LogP contribution >= 0.6 is 0 Å². The average molecular weight is 398 g/mol. The van der Waals surface area contributed by atoms with Crippen molar-refractivity contribution in [2.24, 2.45) is 0 Å². The summed E-state index contributed by atoms with van der Waals surface area (Å²) in [5.41, 5.74) is 4.83. The largest absolute Gasteiger partial charge is 0.495 e. The molecule has 30 heavy (non-hydrogen) atoms. The van der Waals surface area contributed by atoms with Crippen LogP contribution in [0.2, 0.25) is 0 Å².